The minimum atomic E-state index is -3.69. The molecule has 4 rings (SSSR count). The van der Waals surface area contributed by atoms with Crippen molar-refractivity contribution in [1.29, 1.82) is 0 Å². The summed E-state index contributed by atoms with van der Waals surface area (Å²) in [5, 5.41) is 5.68. The largest absolute Gasteiger partial charge is 0.348 e. The van der Waals surface area contributed by atoms with E-state index in [1.165, 1.54) is 4.31 Å². The van der Waals surface area contributed by atoms with Crippen molar-refractivity contribution in [3.63, 3.8) is 0 Å². The Bertz CT molecular complexity index is 1290. The van der Waals surface area contributed by atoms with E-state index in [9.17, 15) is 18.0 Å². The highest BCUT2D eigenvalue weighted by atomic mass is 32.2. The summed E-state index contributed by atoms with van der Waals surface area (Å²) < 4.78 is 27.6. The maximum absolute atomic E-state index is 13.1. The van der Waals surface area contributed by atoms with Crippen LogP contribution in [0.25, 0.3) is 0 Å². The highest BCUT2D eigenvalue weighted by molar-refractivity contribution is 7.89. The number of piperidine rings is 1. The SMILES string of the molecule is Cc1ccc(S(=O)(=O)N2CCC[C@@H](C(=O)Nc3ccccc3C(=O)NCc3cccnc3)C2)cc1. The maximum Gasteiger partial charge on any atom is 0.253 e. The third kappa shape index (κ3) is 5.93. The van der Waals surface area contributed by atoms with Crippen LogP contribution in [0.15, 0.2) is 78.0 Å². The zero-order valence-electron chi connectivity index (χ0n) is 19.5. The molecule has 2 heterocycles. The van der Waals surface area contributed by atoms with Gasteiger partial charge < -0.3 is 10.6 Å². The second-order valence-corrected chi connectivity index (χ2v) is 10.5. The molecule has 182 valence electrons. The molecule has 0 bridgehead atoms. The summed E-state index contributed by atoms with van der Waals surface area (Å²) >= 11 is 0. The average molecular weight is 493 g/mol. The molecule has 1 aromatic heterocycles. The zero-order chi connectivity index (χ0) is 24.8. The van der Waals surface area contributed by atoms with Gasteiger partial charge in [-0.2, -0.15) is 4.31 Å². The first-order chi connectivity index (χ1) is 16.8. The molecule has 1 fully saturated rings. The smallest absolute Gasteiger partial charge is 0.253 e. The standard InChI is InChI=1S/C26H28N4O4S/c1-19-10-12-22(13-11-19)35(33,34)30-15-5-7-21(18-30)25(31)29-24-9-3-2-8-23(24)26(32)28-17-20-6-4-14-27-16-20/h2-4,6,8-14,16,21H,5,7,15,17-18H2,1H3,(H,28,32)(H,29,31)/t21-/m1/s1. The molecular formula is C26H28N4O4S. The number of rotatable bonds is 7. The van der Waals surface area contributed by atoms with Crippen LogP contribution in [0.2, 0.25) is 0 Å². The number of hydrogen-bond donors (Lipinski definition) is 2. The summed E-state index contributed by atoms with van der Waals surface area (Å²) in [5.41, 5.74) is 2.56. The lowest BCUT2D eigenvalue weighted by Gasteiger charge is -2.31. The zero-order valence-corrected chi connectivity index (χ0v) is 20.3. The predicted molar refractivity (Wildman–Crippen MR) is 133 cm³/mol. The number of nitrogens with zero attached hydrogens (tertiary/aromatic N) is 2. The maximum atomic E-state index is 13.1. The molecule has 0 spiro atoms. The van der Waals surface area contributed by atoms with Crippen LogP contribution < -0.4 is 10.6 Å². The van der Waals surface area contributed by atoms with Crippen molar-refractivity contribution in [2.75, 3.05) is 18.4 Å². The lowest BCUT2D eigenvalue weighted by atomic mass is 9.98. The highest BCUT2D eigenvalue weighted by Gasteiger charge is 2.33. The van der Waals surface area contributed by atoms with Gasteiger partial charge in [-0.3, -0.25) is 14.6 Å². The van der Waals surface area contributed by atoms with Crippen molar-refractivity contribution in [3.05, 3.63) is 89.7 Å². The Morgan fingerprint density at radius 3 is 2.57 bits per heavy atom. The third-order valence-corrected chi connectivity index (χ3v) is 7.90. The molecule has 2 aromatic carbocycles. The molecule has 2 N–H and O–H groups in total. The van der Waals surface area contributed by atoms with Crippen molar-refractivity contribution in [3.8, 4) is 0 Å². The first-order valence-electron chi connectivity index (χ1n) is 11.5. The van der Waals surface area contributed by atoms with E-state index < -0.39 is 15.9 Å². The number of carbonyl (C=O) groups excluding carboxylic acids is 2. The number of nitrogens with one attached hydrogen (secondary N) is 2. The van der Waals surface area contributed by atoms with Crippen molar-refractivity contribution < 1.29 is 18.0 Å². The van der Waals surface area contributed by atoms with Crippen LogP contribution in [-0.4, -0.2) is 42.6 Å². The number of hydrogen-bond acceptors (Lipinski definition) is 5. The Kier molecular flexibility index (Phi) is 7.57. The van der Waals surface area contributed by atoms with Gasteiger partial charge in [0.1, 0.15) is 0 Å². The molecule has 0 unspecified atom stereocenters. The molecule has 1 saturated heterocycles. The minimum Gasteiger partial charge on any atom is -0.348 e. The van der Waals surface area contributed by atoms with Crippen molar-refractivity contribution in [2.45, 2.75) is 31.2 Å². The average Bonchev–Trinajstić information content (AvgIpc) is 2.88. The van der Waals surface area contributed by atoms with E-state index in [0.29, 0.717) is 37.2 Å². The fourth-order valence-corrected chi connectivity index (χ4v) is 5.56. The lowest BCUT2D eigenvalue weighted by molar-refractivity contribution is -0.120. The van der Waals surface area contributed by atoms with Crippen LogP contribution in [0, 0.1) is 12.8 Å². The highest BCUT2D eigenvalue weighted by Crippen LogP contribution is 2.26. The van der Waals surface area contributed by atoms with E-state index in [1.807, 2.05) is 13.0 Å². The molecule has 0 aliphatic carbocycles. The number of aromatic nitrogens is 1. The van der Waals surface area contributed by atoms with Gasteiger partial charge in [-0.1, -0.05) is 35.9 Å². The monoisotopic (exact) mass is 492 g/mol. The number of para-hydroxylation sites is 1. The van der Waals surface area contributed by atoms with E-state index >= 15 is 0 Å². The number of benzene rings is 2. The Hall–Kier alpha value is -3.56. The van der Waals surface area contributed by atoms with Crippen molar-refractivity contribution >= 4 is 27.5 Å². The number of amides is 2. The Morgan fingerprint density at radius 1 is 1.06 bits per heavy atom. The van der Waals surface area contributed by atoms with E-state index in [-0.39, 0.29) is 23.3 Å². The number of pyridine rings is 1. The normalized spacial score (nSPS) is 16.4. The molecule has 0 saturated carbocycles. The molecule has 0 radical (unpaired) electrons. The van der Waals surface area contributed by atoms with Crippen LogP contribution in [0.5, 0.6) is 0 Å². The van der Waals surface area contributed by atoms with Gasteiger partial charge in [0.25, 0.3) is 5.91 Å². The van der Waals surface area contributed by atoms with E-state index in [1.54, 1.807) is 67.0 Å². The summed E-state index contributed by atoms with van der Waals surface area (Å²) in [4.78, 5) is 30.2. The van der Waals surface area contributed by atoms with Crippen molar-refractivity contribution in [2.24, 2.45) is 5.92 Å². The van der Waals surface area contributed by atoms with Gasteiger partial charge in [0, 0.05) is 32.0 Å². The van der Waals surface area contributed by atoms with Gasteiger partial charge in [-0.05, 0) is 55.7 Å². The summed E-state index contributed by atoms with van der Waals surface area (Å²) in [5.74, 6) is -1.14. The molecule has 2 amide bonds. The van der Waals surface area contributed by atoms with Crippen LogP contribution in [0.4, 0.5) is 5.69 Å². The summed E-state index contributed by atoms with van der Waals surface area (Å²) in [6, 6.07) is 17.1. The molecule has 9 heteroatoms. The molecular weight excluding hydrogens is 464 g/mol. The lowest BCUT2D eigenvalue weighted by Crippen LogP contribution is -2.43. The Morgan fingerprint density at radius 2 is 1.83 bits per heavy atom. The number of sulfonamides is 1. The van der Waals surface area contributed by atoms with E-state index in [0.717, 1.165) is 11.1 Å². The molecule has 1 aliphatic heterocycles. The van der Waals surface area contributed by atoms with Crippen LogP contribution in [0.3, 0.4) is 0 Å². The molecule has 3 aromatic rings. The molecule has 1 atom stereocenters. The fourth-order valence-electron chi connectivity index (χ4n) is 4.04. The van der Waals surface area contributed by atoms with E-state index in [4.69, 9.17) is 0 Å². The van der Waals surface area contributed by atoms with Gasteiger partial charge in [0.05, 0.1) is 22.1 Å². The number of aryl methyl sites for hydroxylation is 1. The minimum absolute atomic E-state index is 0.0947. The first-order valence-corrected chi connectivity index (χ1v) is 12.9. The topological polar surface area (TPSA) is 108 Å². The fraction of sp³-hybridized carbons (Fsp3) is 0.269. The predicted octanol–water partition coefficient (Wildman–Crippen LogP) is 3.36. The molecule has 1 aliphatic rings. The molecule has 8 nitrogen and oxygen atoms in total. The Labute approximate surface area is 205 Å². The van der Waals surface area contributed by atoms with Crippen LogP contribution in [0.1, 0.15) is 34.3 Å². The summed E-state index contributed by atoms with van der Waals surface area (Å²) in [7, 11) is -3.69. The summed E-state index contributed by atoms with van der Waals surface area (Å²) in [6.07, 6.45) is 4.49. The Balaban J connectivity index is 1.43. The van der Waals surface area contributed by atoms with Crippen LogP contribution >= 0.6 is 0 Å². The van der Waals surface area contributed by atoms with Gasteiger partial charge in [0.15, 0.2) is 0 Å². The third-order valence-electron chi connectivity index (χ3n) is 6.02. The first kappa shape index (κ1) is 24.6. The second kappa shape index (κ2) is 10.8. The van der Waals surface area contributed by atoms with Gasteiger partial charge in [-0.15, -0.1) is 0 Å². The van der Waals surface area contributed by atoms with Gasteiger partial charge in [-0.25, -0.2) is 8.42 Å². The second-order valence-electron chi connectivity index (χ2n) is 8.59. The number of anilines is 1. The van der Waals surface area contributed by atoms with Gasteiger partial charge in [0.2, 0.25) is 15.9 Å². The van der Waals surface area contributed by atoms with Gasteiger partial charge >= 0.3 is 0 Å². The molecule has 35 heavy (non-hydrogen) atoms. The van der Waals surface area contributed by atoms with Crippen molar-refractivity contribution in [1.82, 2.24) is 14.6 Å². The van der Waals surface area contributed by atoms with E-state index in [2.05, 4.69) is 15.6 Å². The van der Waals surface area contributed by atoms with Crippen LogP contribution in [-0.2, 0) is 21.4 Å². The quantitative estimate of drug-likeness (QED) is 0.526. The number of carbonyl (C=O) groups is 2. The summed E-state index contributed by atoms with van der Waals surface area (Å²) in [6.45, 7) is 2.67.